The van der Waals surface area contributed by atoms with Crippen LogP contribution < -0.4 is 5.43 Å². The minimum Gasteiger partial charge on any atom is -0.268 e. The zero-order valence-electron chi connectivity index (χ0n) is 14.3. The number of hydrazone groups is 1. The lowest BCUT2D eigenvalue weighted by Gasteiger charge is -2.00. The van der Waals surface area contributed by atoms with Crippen LogP contribution in [0.1, 0.15) is 38.2 Å². The molecule has 0 saturated carbocycles. The fourth-order valence-electron chi connectivity index (χ4n) is 2.51. The molecule has 1 aromatic carbocycles. The highest BCUT2D eigenvalue weighted by atomic mass is 32.1. The van der Waals surface area contributed by atoms with Crippen molar-refractivity contribution in [3.8, 4) is 0 Å². The van der Waals surface area contributed by atoms with Crippen molar-refractivity contribution in [2.24, 2.45) is 5.10 Å². The number of rotatable bonds is 6. The molecule has 0 radical (unpaired) electrons. The highest BCUT2D eigenvalue weighted by Gasteiger charge is 2.10. The van der Waals surface area contributed by atoms with Gasteiger partial charge in [0.15, 0.2) is 0 Å². The molecular formula is C19H20N4OS. The smallest absolute Gasteiger partial charge is 0.268 e. The number of carbonyl (C=O) groups excluding carboxylic acids is 1. The van der Waals surface area contributed by atoms with Gasteiger partial charge in [0, 0.05) is 16.6 Å². The van der Waals surface area contributed by atoms with Crippen molar-refractivity contribution >= 4 is 23.5 Å². The van der Waals surface area contributed by atoms with Gasteiger partial charge in [-0.1, -0.05) is 37.3 Å². The molecule has 1 amide bonds. The predicted molar refractivity (Wildman–Crippen MR) is 101 cm³/mol. The highest BCUT2D eigenvalue weighted by Crippen LogP contribution is 2.22. The van der Waals surface area contributed by atoms with E-state index in [9.17, 15) is 4.79 Å². The molecule has 6 heteroatoms. The lowest BCUT2D eigenvalue weighted by atomic mass is 10.2. The number of benzene rings is 1. The summed E-state index contributed by atoms with van der Waals surface area (Å²) in [6, 6.07) is 12.0. The number of nitrogens with zero attached hydrogens (tertiary/aromatic N) is 3. The van der Waals surface area contributed by atoms with Gasteiger partial charge in [-0.3, -0.25) is 9.48 Å². The zero-order chi connectivity index (χ0) is 17.6. The van der Waals surface area contributed by atoms with Gasteiger partial charge >= 0.3 is 0 Å². The van der Waals surface area contributed by atoms with Crippen LogP contribution in [0, 0.1) is 6.92 Å². The quantitative estimate of drug-likeness (QED) is 0.544. The Kier molecular flexibility index (Phi) is 5.40. The van der Waals surface area contributed by atoms with E-state index in [0.29, 0.717) is 11.4 Å². The lowest BCUT2D eigenvalue weighted by Crippen LogP contribution is -2.16. The second-order valence-electron chi connectivity index (χ2n) is 5.73. The summed E-state index contributed by atoms with van der Waals surface area (Å²) in [6.45, 7) is 4.82. The van der Waals surface area contributed by atoms with Crippen LogP contribution in [0.15, 0.2) is 53.9 Å². The Balaban J connectivity index is 1.58. The summed E-state index contributed by atoms with van der Waals surface area (Å²) in [5.74, 6) is -0.180. The SMILES string of the molecule is CCc1sc(C(=O)N/N=C\c2cnn(Cc3ccccc3)c2)cc1C. The van der Waals surface area contributed by atoms with E-state index in [0.717, 1.165) is 17.5 Å². The van der Waals surface area contributed by atoms with Gasteiger partial charge in [0.1, 0.15) is 0 Å². The molecule has 0 aliphatic rings. The molecule has 0 spiro atoms. The topological polar surface area (TPSA) is 59.3 Å². The fourth-order valence-corrected chi connectivity index (χ4v) is 3.51. The standard InChI is InChI=1S/C19H20N4OS/c1-3-17-14(2)9-18(25-17)19(24)22-20-10-16-11-21-23(13-16)12-15-7-5-4-6-8-15/h4-11,13H,3,12H2,1-2H3,(H,22,24)/b20-10-. The van der Waals surface area contributed by atoms with Crippen LogP contribution in [-0.2, 0) is 13.0 Å². The van der Waals surface area contributed by atoms with Crippen molar-refractivity contribution in [2.45, 2.75) is 26.8 Å². The minimum absolute atomic E-state index is 0.180. The minimum atomic E-state index is -0.180. The van der Waals surface area contributed by atoms with Crippen LogP contribution in [-0.4, -0.2) is 21.9 Å². The van der Waals surface area contributed by atoms with Crippen LogP contribution in [0.2, 0.25) is 0 Å². The molecule has 2 heterocycles. The van der Waals surface area contributed by atoms with Crippen molar-refractivity contribution in [1.29, 1.82) is 0 Å². The number of hydrogen-bond acceptors (Lipinski definition) is 4. The summed E-state index contributed by atoms with van der Waals surface area (Å²) in [5, 5.41) is 8.34. The van der Waals surface area contributed by atoms with Crippen molar-refractivity contribution in [2.75, 3.05) is 0 Å². The first kappa shape index (κ1) is 17.1. The second-order valence-corrected chi connectivity index (χ2v) is 6.86. The number of nitrogens with one attached hydrogen (secondary N) is 1. The number of aromatic nitrogens is 2. The van der Waals surface area contributed by atoms with Gasteiger partial charge in [0.25, 0.3) is 5.91 Å². The molecule has 3 rings (SSSR count). The van der Waals surface area contributed by atoms with E-state index in [2.05, 4.69) is 34.7 Å². The molecule has 0 aliphatic carbocycles. The van der Waals surface area contributed by atoms with Crippen molar-refractivity contribution in [1.82, 2.24) is 15.2 Å². The van der Waals surface area contributed by atoms with Gasteiger partial charge in [0.05, 0.1) is 23.8 Å². The average molecular weight is 352 g/mol. The molecule has 0 fully saturated rings. The van der Waals surface area contributed by atoms with Gasteiger partial charge in [-0.15, -0.1) is 11.3 Å². The Hall–Kier alpha value is -2.73. The first-order valence-corrected chi connectivity index (χ1v) is 8.96. The second kappa shape index (κ2) is 7.90. The number of amides is 1. The van der Waals surface area contributed by atoms with Crippen LogP contribution in [0.4, 0.5) is 0 Å². The lowest BCUT2D eigenvalue weighted by molar-refractivity contribution is 0.0959. The van der Waals surface area contributed by atoms with Crippen LogP contribution >= 0.6 is 11.3 Å². The fraction of sp³-hybridized carbons (Fsp3) is 0.211. The first-order valence-electron chi connectivity index (χ1n) is 8.15. The Morgan fingerprint density at radius 2 is 2.16 bits per heavy atom. The molecule has 0 bridgehead atoms. The van der Waals surface area contributed by atoms with Gasteiger partial charge in [0.2, 0.25) is 0 Å². The molecule has 5 nitrogen and oxygen atoms in total. The Morgan fingerprint density at radius 3 is 2.88 bits per heavy atom. The highest BCUT2D eigenvalue weighted by molar-refractivity contribution is 7.14. The maximum atomic E-state index is 12.1. The summed E-state index contributed by atoms with van der Waals surface area (Å²) in [4.78, 5) is 14.0. The zero-order valence-corrected chi connectivity index (χ0v) is 15.1. The Labute approximate surface area is 151 Å². The monoisotopic (exact) mass is 352 g/mol. The third-order valence-electron chi connectivity index (χ3n) is 3.79. The number of carbonyl (C=O) groups is 1. The predicted octanol–water partition coefficient (Wildman–Crippen LogP) is 3.63. The third-order valence-corrected chi connectivity index (χ3v) is 5.17. The molecular weight excluding hydrogens is 332 g/mol. The largest absolute Gasteiger partial charge is 0.281 e. The average Bonchev–Trinajstić information content (AvgIpc) is 3.22. The van der Waals surface area contributed by atoms with Crippen LogP contribution in [0.3, 0.4) is 0 Å². The molecule has 25 heavy (non-hydrogen) atoms. The molecule has 0 saturated heterocycles. The van der Waals surface area contributed by atoms with Crippen LogP contribution in [0.5, 0.6) is 0 Å². The normalized spacial score (nSPS) is 11.1. The maximum Gasteiger partial charge on any atom is 0.281 e. The van der Waals surface area contributed by atoms with Gasteiger partial charge in [-0.2, -0.15) is 10.2 Å². The summed E-state index contributed by atoms with van der Waals surface area (Å²) in [6.07, 6.45) is 6.16. The van der Waals surface area contributed by atoms with Crippen molar-refractivity contribution < 1.29 is 4.79 Å². The van der Waals surface area contributed by atoms with E-state index < -0.39 is 0 Å². The van der Waals surface area contributed by atoms with Gasteiger partial charge in [-0.05, 0) is 30.5 Å². The van der Waals surface area contributed by atoms with E-state index >= 15 is 0 Å². The molecule has 0 atom stereocenters. The van der Waals surface area contributed by atoms with E-state index in [1.807, 2.05) is 42.1 Å². The summed E-state index contributed by atoms with van der Waals surface area (Å²) in [5.41, 5.74) is 5.75. The molecule has 0 unspecified atom stereocenters. The van der Waals surface area contributed by atoms with Gasteiger partial charge in [-0.25, -0.2) is 5.43 Å². The van der Waals surface area contributed by atoms with Crippen molar-refractivity contribution in [3.63, 3.8) is 0 Å². The Bertz CT molecular complexity index is 880. The molecule has 1 N–H and O–H groups in total. The molecule has 128 valence electrons. The van der Waals surface area contributed by atoms with Gasteiger partial charge < -0.3 is 0 Å². The van der Waals surface area contributed by atoms with E-state index in [1.165, 1.54) is 21.8 Å². The summed E-state index contributed by atoms with van der Waals surface area (Å²) < 4.78 is 1.84. The molecule has 2 aromatic heterocycles. The molecule has 3 aromatic rings. The molecule has 0 aliphatic heterocycles. The van der Waals surface area contributed by atoms with Crippen LogP contribution in [0.25, 0.3) is 0 Å². The third kappa shape index (κ3) is 4.42. The van der Waals surface area contributed by atoms with E-state index in [-0.39, 0.29) is 5.91 Å². The Morgan fingerprint density at radius 1 is 1.36 bits per heavy atom. The number of aryl methyl sites for hydroxylation is 2. The number of hydrogen-bond donors (Lipinski definition) is 1. The van der Waals surface area contributed by atoms with E-state index in [1.54, 1.807) is 12.4 Å². The summed E-state index contributed by atoms with van der Waals surface area (Å²) in [7, 11) is 0. The van der Waals surface area contributed by atoms with E-state index in [4.69, 9.17) is 0 Å². The van der Waals surface area contributed by atoms with Crippen molar-refractivity contribution in [3.05, 3.63) is 75.2 Å². The summed E-state index contributed by atoms with van der Waals surface area (Å²) >= 11 is 1.52. The maximum absolute atomic E-state index is 12.1. The number of thiophene rings is 1. The first-order chi connectivity index (χ1) is 12.2.